The van der Waals surface area contributed by atoms with Crippen LogP contribution in [-0.4, -0.2) is 51.6 Å². The largest absolute Gasteiger partial charge is 0.493 e. The van der Waals surface area contributed by atoms with Gasteiger partial charge >= 0.3 is 12.0 Å². The molecule has 3 aromatic carbocycles. The molecule has 3 N–H and O–H groups in total. The lowest BCUT2D eigenvalue weighted by atomic mass is 9.95. The molecule has 0 fully saturated rings. The van der Waals surface area contributed by atoms with E-state index in [9.17, 15) is 14.4 Å². The first-order chi connectivity index (χ1) is 21.7. The predicted molar refractivity (Wildman–Crippen MR) is 174 cm³/mol. The summed E-state index contributed by atoms with van der Waals surface area (Å²) < 4.78 is 28.7. The molecule has 1 aliphatic rings. The minimum absolute atomic E-state index is 0.252. The quantitative estimate of drug-likeness (QED) is 0.100. The summed E-state index contributed by atoms with van der Waals surface area (Å²) in [6.07, 6.45) is 1.50. The first kappa shape index (κ1) is 33.1. The third-order valence-corrected chi connectivity index (χ3v) is 7.32. The molecule has 3 aromatic rings. The fourth-order valence-electron chi connectivity index (χ4n) is 4.46. The summed E-state index contributed by atoms with van der Waals surface area (Å²) in [6, 6.07) is 17.1. The van der Waals surface area contributed by atoms with Crippen LogP contribution in [0.2, 0.25) is 0 Å². The number of hydrogen-bond acceptors (Lipinski definition) is 9. The Morgan fingerprint density at radius 2 is 1.78 bits per heavy atom. The van der Waals surface area contributed by atoms with Crippen molar-refractivity contribution >= 4 is 46.7 Å². The Morgan fingerprint density at radius 3 is 2.49 bits per heavy atom. The van der Waals surface area contributed by atoms with Crippen LogP contribution in [0, 0.1) is 3.57 Å². The van der Waals surface area contributed by atoms with E-state index in [-0.39, 0.29) is 17.9 Å². The van der Waals surface area contributed by atoms with Crippen molar-refractivity contribution in [2.45, 2.75) is 26.5 Å². The van der Waals surface area contributed by atoms with Crippen LogP contribution < -0.4 is 35.0 Å². The van der Waals surface area contributed by atoms with Crippen molar-refractivity contribution in [2.75, 3.05) is 27.4 Å². The second-order valence-corrected chi connectivity index (χ2v) is 10.8. The van der Waals surface area contributed by atoms with E-state index < -0.39 is 23.9 Å². The third kappa shape index (κ3) is 8.65. The maximum Gasteiger partial charge on any atom is 0.337 e. The molecule has 0 radical (unpaired) electrons. The molecule has 0 spiro atoms. The molecule has 12 nitrogen and oxygen atoms in total. The number of carbonyl (C=O) groups excluding carboxylic acids is 3. The smallest absolute Gasteiger partial charge is 0.337 e. The fourth-order valence-corrected chi connectivity index (χ4v) is 5.24. The molecule has 0 saturated carbocycles. The molecule has 0 saturated heterocycles. The second kappa shape index (κ2) is 15.8. The van der Waals surface area contributed by atoms with Gasteiger partial charge in [-0.15, -0.1) is 0 Å². The van der Waals surface area contributed by atoms with Gasteiger partial charge in [0, 0.05) is 5.70 Å². The van der Waals surface area contributed by atoms with Crippen LogP contribution >= 0.6 is 22.6 Å². The van der Waals surface area contributed by atoms with Gasteiger partial charge in [0.2, 0.25) is 0 Å². The summed E-state index contributed by atoms with van der Waals surface area (Å²) in [7, 11) is 2.70. The van der Waals surface area contributed by atoms with Crippen LogP contribution in [0.5, 0.6) is 23.0 Å². The van der Waals surface area contributed by atoms with Crippen LogP contribution in [0.25, 0.3) is 0 Å². The highest BCUT2D eigenvalue weighted by Gasteiger charge is 2.32. The van der Waals surface area contributed by atoms with Crippen LogP contribution in [0.1, 0.15) is 36.6 Å². The van der Waals surface area contributed by atoms with Crippen LogP contribution in [-0.2, 0) is 20.9 Å². The molecule has 3 amide bonds. The number of nitrogens with zero attached hydrogens (tertiary/aromatic N) is 1. The van der Waals surface area contributed by atoms with Gasteiger partial charge in [-0.25, -0.2) is 15.0 Å². The number of urea groups is 1. The highest BCUT2D eigenvalue weighted by molar-refractivity contribution is 14.1. The molecule has 0 unspecified atom stereocenters. The van der Waals surface area contributed by atoms with Crippen molar-refractivity contribution in [1.82, 2.24) is 16.1 Å². The molecular weight excluding hydrogens is 695 g/mol. The van der Waals surface area contributed by atoms with Gasteiger partial charge in [0.25, 0.3) is 5.91 Å². The Hall–Kier alpha value is -4.79. The summed E-state index contributed by atoms with van der Waals surface area (Å²) in [4.78, 5) is 37.0. The number of benzene rings is 3. The minimum Gasteiger partial charge on any atom is -0.493 e. The zero-order valence-electron chi connectivity index (χ0n) is 25.1. The first-order valence-corrected chi connectivity index (χ1v) is 14.9. The molecule has 4 rings (SSSR count). The minimum atomic E-state index is -0.775. The summed E-state index contributed by atoms with van der Waals surface area (Å²) in [5.74, 6) is 0.690. The van der Waals surface area contributed by atoms with Gasteiger partial charge in [-0.05, 0) is 77.4 Å². The average molecular weight is 729 g/mol. The number of methoxy groups -OCH3 is 2. The lowest BCUT2D eigenvalue weighted by Crippen LogP contribution is -2.45. The normalized spacial score (nSPS) is 14.3. The van der Waals surface area contributed by atoms with Gasteiger partial charge in [-0.3, -0.25) is 4.79 Å². The number of amides is 3. The van der Waals surface area contributed by atoms with Gasteiger partial charge in [0.05, 0.1) is 42.2 Å². The van der Waals surface area contributed by atoms with Gasteiger partial charge in [0.15, 0.2) is 29.6 Å². The van der Waals surface area contributed by atoms with E-state index in [4.69, 9.17) is 23.7 Å². The standard InChI is InChI=1S/C32H33IN4O8/c1-5-43-26-14-21(13-23(33)30(26)45-17-20-9-7-6-8-10-20)16-34-37-27(38)18-44-24-12-11-22(15-25(24)41-3)29-28(31(39)42-4)19(2)35-32(40)36-29/h6-16,29H,5,17-18H2,1-4H3,(H,37,38)(H2,35,36,40)/b34-16-/t29-/m0/s1. The van der Waals surface area contributed by atoms with E-state index in [1.807, 2.05) is 43.3 Å². The molecule has 0 bridgehead atoms. The maximum absolute atomic E-state index is 12.5. The summed E-state index contributed by atoms with van der Waals surface area (Å²) in [5.41, 5.74) is 5.37. The molecular formula is C32H33IN4O8. The van der Waals surface area contributed by atoms with Gasteiger partial charge in [-0.2, -0.15) is 5.10 Å². The maximum atomic E-state index is 12.5. The Kier molecular flexibility index (Phi) is 11.6. The lowest BCUT2D eigenvalue weighted by Gasteiger charge is -2.28. The van der Waals surface area contributed by atoms with E-state index in [2.05, 4.69) is 43.8 Å². The summed E-state index contributed by atoms with van der Waals surface area (Å²) in [6.45, 7) is 4.00. The van der Waals surface area contributed by atoms with Crippen LogP contribution in [0.15, 0.2) is 77.0 Å². The monoisotopic (exact) mass is 728 g/mol. The van der Waals surface area contributed by atoms with Crippen molar-refractivity contribution in [3.8, 4) is 23.0 Å². The predicted octanol–water partition coefficient (Wildman–Crippen LogP) is 4.61. The second-order valence-electron chi connectivity index (χ2n) is 9.59. The highest BCUT2D eigenvalue weighted by atomic mass is 127. The van der Waals surface area contributed by atoms with Crippen LogP contribution in [0.3, 0.4) is 0 Å². The van der Waals surface area contributed by atoms with E-state index in [0.29, 0.717) is 47.3 Å². The number of carbonyl (C=O) groups is 3. The number of allylic oxidation sites excluding steroid dienone is 1. The SMILES string of the molecule is CCOc1cc(/C=N\NC(=O)COc2ccc([C@@H]3NC(=O)NC(C)=C3C(=O)OC)cc2OC)cc(I)c1OCc1ccccc1. The van der Waals surface area contributed by atoms with Crippen molar-refractivity contribution < 1.29 is 38.1 Å². The topological polar surface area (TPSA) is 146 Å². The fraction of sp³-hybridized carbons (Fsp3) is 0.250. The number of halogens is 1. The van der Waals surface area contributed by atoms with Crippen LogP contribution in [0.4, 0.5) is 4.79 Å². The Bertz CT molecular complexity index is 1610. The zero-order valence-corrected chi connectivity index (χ0v) is 27.3. The summed E-state index contributed by atoms with van der Waals surface area (Å²) in [5, 5.41) is 9.34. The van der Waals surface area contributed by atoms with E-state index in [1.54, 1.807) is 31.2 Å². The van der Waals surface area contributed by atoms with Gasteiger partial charge in [-0.1, -0.05) is 36.4 Å². The molecule has 236 valence electrons. The van der Waals surface area contributed by atoms with Crippen molar-refractivity contribution in [3.05, 3.63) is 92.2 Å². The Balaban J connectivity index is 1.38. The van der Waals surface area contributed by atoms with E-state index >= 15 is 0 Å². The number of esters is 1. The number of hydrogen-bond donors (Lipinski definition) is 3. The van der Waals surface area contributed by atoms with Crippen molar-refractivity contribution in [1.29, 1.82) is 0 Å². The summed E-state index contributed by atoms with van der Waals surface area (Å²) >= 11 is 2.18. The molecule has 13 heteroatoms. The number of hydrazone groups is 1. The third-order valence-electron chi connectivity index (χ3n) is 6.51. The Labute approximate surface area is 274 Å². The molecule has 1 heterocycles. The van der Waals surface area contributed by atoms with Gasteiger partial charge < -0.3 is 34.3 Å². The van der Waals surface area contributed by atoms with Crippen molar-refractivity contribution in [2.24, 2.45) is 5.10 Å². The first-order valence-electron chi connectivity index (χ1n) is 13.9. The van der Waals surface area contributed by atoms with E-state index in [0.717, 1.165) is 9.13 Å². The highest BCUT2D eigenvalue weighted by Crippen LogP contribution is 2.36. The van der Waals surface area contributed by atoms with Gasteiger partial charge in [0.1, 0.15) is 6.61 Å². The van der Waals surface area contributed by atoms with E-state index in [1.165, 1.54) is 20.4 Å². The molecule has 1 atom stereocenters. The lowest BCUT2D eigenvalue weighted by molar-refractivity contribution is -0.136. The molecule has 1 aliphatic heterocycles. The number of rotatable bonds is 13. The van der Waals surface area contributed by atoms with Crippen molar-refractivity contribution in [3.63, 3.8) is 0 Å². The molecule has 0 aliphatic carbocycles. The Morgan fingerprint density at radius 1 is 1.00 bits per heavy atom. The number of ether oxygens (including phenoxy) is 5. The number of nitrogens with one attached hydrogen (secondary N) is 3. The molecule has 45 heavy (non-hydrogen) atoms. The average Bonchev–Trinajstić information content (AvgIpc) is 3.03. The molecule has 0 aromatic heterocycles. The zero-order chi connectivity index (χ0) is 32.3.